The van der Waals surface area contributed by atoms with E-state index >= 15 is 0 Å². The third kappa shape index (κ3) is 3.40. The van der Waals surface area contributed by atoms with Gasteiger partial charge in [-0.05, 0) is 80.0 Å². The molecule has 2 rings (SSSR count). The zero-order chi connectivity index (χ0) is 14.9. The summed E-state index contributed by atoms with van der Waals surface area (Å²) in [4.78, 5) is 0. The molecule has 0 aromatic carbocycles. The summed E-state index contributed by atoms with van der Waals surface area (Å²) < 4.78 is 0. The van der Waals surface area contributed by atoms with Gasteiger partial charge in [-0.1, -0.05) is 34.6 Å². The fraction of sp³-hybridized carbons (Fsp3) is 1.00. The molecule has 3 unspecified atom stereocenters. The van der Waals surface area contributed by atoms with E-state index in [4.69, 9.17) is 0 Å². The van der Waals surface area contributed by atoms with E-state index in [0.717, 1.165) is 24.2 Å². The van der Waals surface area contributed by atoms with Gasteiger partial charge in [-0.15, -0.1) is 0 Å². The minimum absolute atomic E-state index is 0.0587. The number of hydrogen-bond donors (Lipinski definition) is 1. The number of aliphatic hydroxyl groups excluding tert-OH is 1. The fourth-order valence-corrected chi connectivity index (χ4v) is 5.05. The van der Waals surface area contributed by atoms with E-state index in [9.17, 15) is 5.11 Å². The van der Waals surface area contributed by atoms with E-state index in [1.807, 2.05) is 0 Å². The number of aliphatic hydroxyl groups is 1. The molecule has 3 atom stereocenters. The minimum Gasteiger partial charge on any atom is -0.393 e. The highest BCUT2D eigenvalue weighted by molar-refractivity contribution is 4.94. The van der Waals surface area contributed by atoms with E-state index in [-0.39, 0.29) is 6.10 Å². The molecule has 0 heterocycles. The van der Waals surface area contributed by atoms with Crippen molar-refractivity contribution in [3.05, 3.63) is 0 Å². The van der Waals surface area contributed by atoms with Gasteiger partial charge >= 0.3 is 0 Å². The smallest absolute Gasteiger partial charge is 0.0576 e. The molecule has 2 saturated carbocycles. The second-order valence-electron chi connectivity index (χ2n) is 8.73. The van der Waals surface area contributed by atoms with Gasteiger partial charge in [-0.3, -0.25) is 0 Å². The molecule has 1 N–H and O–H groups in total. The van der Waals surface area contributed by atoms with Crippen molar-refractivity contribution in [1.29, 1.82) is 0 Å². The Morgan fingerprint density at radius 1 is 0.900 bits per heavy atom. The van der Waals surface area contributed by atoms with Crippen molar-refractivity contribution >= 4 is 0 Å². The first-order valence-corrected chi connectivity index (χ1v) is 9.01. The van der Waals surface area contributed by atoms with Crippen LogP contribution in [0.2, 0.25) is 0 Å². The van der Waals surface area contributed by atoms with Gasteiger partial charge in [0, 0.05) is 0 Å². The van der Waals surface area contributed by atoms with E-state index < -0.39 is 0 Å². The lowest BCUT2D eigenvalue weighted by molar-refractivity contribution is -0.0455. The van der Waals surface area contributed by atoms with Crippen LogP contribution in [0.25, 0.3) is 0 Å². The van der Waals surface area contributed by atoms with E-state index in [1.54, 1.807) is 0 Å². The molecule has 1 heteroatoms. The summed E-state index contributed by atoms with van der Waals surface area (Å²) in [5.41, 5.74) is 0.409. The normalized spacial score (nSPS) is 43.2. The topological polar surface area (TPSA) is 20.2 Å². The maximum Gasteiger partial charge on any atom is 0.0576 e. The van der Waals surface area contributed by atoms with Gasteiger partial charge in [0.1, 0.15) is 0 Å². The summed E-state index contributed by atoms with van der Waals surface area (Å²) in [6.45, 7) is 11.8. The second-order valence-corrected chi connectivity index (χ2v) is 8.73. The summed E-state index contributed by atoms with van der Waals surface area (Å²) >= 11 is 0. The molecule has 1 nitrogen and oxygen atoms in total. The van der Waals surface area contributed by atoms with Crippen molar-refractivity contribution in [3.63, 3.8) is 0 Å². The molecule has 0 spiro atoms. The third-order valence-electron chi connectivity index (χ3n) is 6.78. The van der Waals surface area contributed by atoms with Crippen molar-refractivity contribution in [2.45, 2.75) is 85.7 Å². The lowest BCUT2D eigenvalue weighted by Crippen LogP contribution is -2.42. The second kappa shape index (κ2) is 6.38. The number of hydrogen-bond acceptors (Lipinski definition) is 1. The summed E-state index contributed by atoms with van der Waals surface area (Å²) in [6.07, 6.45) is 9.20. The highest BCUT2D eigenvalue weighted by Crippen LogP contribution is 2.51. The molecule has 0 radical (unpaired) electrons. The quantitative estimate of drug-likeness (QED) is 0.746. The molecule has 0 aromatic heterocycles. The Morgan fingerprint density at radius 2 is 1.50 bits per heavy atom. The van der Waals surface area contributed by atoms with E-state index in [2.05, 4.69) is 34.6 Å². The van der Waals surface area contributed by atoms with Gasteiger partial charge in [0.15, 0.2) is 0 Å². The first-order chi connectivity index (χ1) is 9.33. The van der Waals surface area contributed by atoms with Crippen molar-refractivity contribution < 1.29 is 5.11 Å². The highest BCUT2D eigenvalue weighted by Gasteiger charge is 2.43. The van der Waals surface area contributed by atoms with Crippen molar-refractivity contribution in [2.24, 2.45) is 35.0 Å². The molecule has 118 valence electrons. The average Bonchev–Trinajstić information content (AvgIpc) is 2.38. The van der Waals surface area contributed by atoms with Crippen LogP contribution in [0.4, 0.5) is 0 Å². The van der Waals surface area contributed by atoms with Crippen LogP contribution in [-0.2, 0) is 0 Å². The van der Waals surface area contributed by atoms with Crippen LogP contribution in [0.5, 0.6) is 0 Å². The largest absolute Gasteiger partial charge is 0.393 e. The van der Waals surface area contributed by atoms with Crippen LogP contribution in [0.1, 0.15) is 79.6 Å². The van der Waals surface area contributed by atoms with Gasteiger partial charge in [-0.2, -0.15) is 0 Å². The van der Waals surface area contributed by atoms with Gasteiger partial charge in [-0.25, -0.2) is 0 Å². The zero-order valence-corrected chi connectivity index (χ0v) is 14.4. The maximum atomic E-state index is 10.5. The Morgan fingerprint density at radius 3 is 1.95 bits per heavy atom. The molecule has 0 saturated heterocycles. The Balaban J connectivity index is 1.93. The average molecular weight is 280 g/mol. The van der Waals surface area contributed by atoms with Crippen LogP contribution in [0.15, 0.2) is 0 Å². The highest BCUT2D eigenvalue weighted by atomic mass is 16.3. The zero-order valence-electron chi connectivity index (χ0n) is 14.4. The molecule has 2 fully saturated rings. The third-order valence-corrected chi connectivity index (χ3v) is 6.78. The Labute approximate surface area is 126 Å². The molecule has 2 aliphatic carbocycles. The summed E-state index contributed by atoms with van der Waals surface area (Å²) in [5.74, 6) is 3.83. The van der Waals surface area contributed by atoms with Gasteiger partial charge in [0.2, 0.25) is 0 Å². The predicted molar refractivity (Wildman–Crippen MR) is 86.6 cm³/mol. The lowest BCUT2D eigenvalue weighted by Gasteiger charge is -2.48. The monoisotopic (exact) mass is 280 g/mol. The van der Waals surface area contributed by atoms with Gasteiger partial charge in [0.05, 0.1) is 6.10 Å². The van der Waals surface area contributed by atoms with Crippen molar-refractivity contribution in [2.75, 3.05) is 0 Å². The molecule has 0 aliphatic heterocycles. The molecule has 0 aromatic rings. The summed E-state index contributed by atoms with van der Waals surface area (Å²) in [5, 5.41) is 10.5. The van der Waals surface area contributed by atoms with Crippen LogP contribution in [-0.4, -0.2) is 11.2 Å². The number of rotatable bonds is 3. The summed E-state index contributed by atoms with van der Waals surface area (Å²) in [6, 6.07) is 0. The van der Waals surface area contributed by atoms with E-state index in [1.165, 1.54) is 38.5 Å². The van der Waals surface area contributed by atoms with Crippen molar-refractivity contribution in [3.8, 4) is 0 Å². The first kappa shape index (κ1) is 16.3. The van der Waals surface area contributed by atoms with Gasteiger partial charge < -0.3 is 5.11 Å². The molecule has 20 heavy (non-hydrogen) atoms. The SMILES string of the molecule is CC(C)C1CCC(C2(C)CCC(C(C)C)C(O)C2)CC1. The molecule has 0 bridgehead atoms. The van der Waals surface area contributed by atoms with Crippen LogP contribution < -0.4 is 0 Å². The Kier molecular flexibility index (Phi) is 5.21. The fourth-order valence-electron chi connectivity index (χ4n) is 5.05. The van der Waals surface area contributed by atoms with Crippen LogP contribution >= 0.6 is 0 Å². The molecule has 0 amide bonds. The Bertz CT molecular complexity index is 301. The molecule has 2 aliphatic rings. The van der Waals surface area contributed by atoms with Crippen LogP contribution in [0.3, 0.4) is 0 Å². The predicted octanol–water partition coefficient (Wildman–Crippen LogP) is 5.27. The standard InChI is InChI=1S/C19H36O/c1-13(2)15-6-8-16(9-7-15)19(5)11-10-17(14(3)4)18(20)12-19/h13-18,20H,6-12H2,1-5H3. The maximum absolute atomic E-state index is 10.5. The van der Waals surface area contributed by atoms with Gasteiger partial charge in [0.25, 0.3) is 0 Å². The van der Waals surface area contributed by atoms with Crippen molar-refractivity contribution in [1.82, 2.24) is 0 Å². The first-order valence-electron chi connectivity index (χ1n) is 9.01. The molecular weight excluding hydrogens is 244 g/mol. The summed E-state index contributed by atoms with van der Waals surface area (Å²) in [7, 11) is 0. The lowest BCUT2D eigenvalue weighted by atomic mass is 9.58. The van der Waals surface area contributed by atoms with E-state index in [0.29, 0.717) is 17.3 Å². The minimum atomic E-state index is -0.0587. The molecular formula is C19H36O. The van der Waals surface area contributed by atoms with Crippen LogP contribution in [0, 0.1) is 35.0 Å². The Hall–Kier alpha value is -0.0400.